The number of hydrogen-bond acceptors (Lipinski definition) is 3. The van der Waals surface area contributed by atoms with E-state index in [0.29, 0.717) is 30.1 Å². The van der Waals surface area contributed by atoms with E-state index in [9.17, 15) is 0 Å². The van der Waals surface area contributed by atoms with E-state index in [1.165, 1.54) is 0 Å². The van der Waals surface area contributed by atoms with Gasteiger partial charge in [-0.05, 0) is 23.8 Å². The van der Waals surface area contributed by atoms with Crippen LogP contribution in [0.15, 0.2) is 40.9 Å². The lowest BCUT2D eigenvalue weighted by molar-refractivity contribution is 0.292. The van der Waals surface area contributed by atoms with Crippen LogP contribution >= 0.6 is 27.5 Å². The summed E-state index contributed by atoms with van der Waals surface area (Å²) in [6.07, 6.45) is 0. The predicted octanol–water partition coefficient (Wildman–Crippen LogP) is 4.57. The van der Waals surface area contributed by atoms with Crippen molar-refractivity contribution in [2.45, 2.75) is 33.0 Å². The van der Waals surface area contributed by atoms with Crippen molar-refractivity contribution in [1.29, 1.82) is 0 Å². The summed E-state index contributed by atoms with van der Waals surface area (Å²) in [4.78, 5) is 4.45. The van der Waals surface area contributed by atoms with E-state index in [1.54, 1.807) is 6.07 Å². The van der Waals surface area contributed by atoms with E-state index >= 15 is 0 Å². The molecule has 0 aliphatic rings. The molecule has 1 N–H and O–H groups in total. The Morgan fingerprint density at radius 3 is 2.81 bits per heavy atom. The summed E-state index contributed by atoms with van der Waals surface area (Å²) < 4.78 is 6.77. The van der Waals surface area contributed by atoms with Gasteiger partial charge in [0.25, 0.3) is 0 Å². The van der Waals surface area contributed by atoms with Gasteiger partial charge in [0, 0.05) is 23.1 Å². The Morgan fingerprint density at radius 2 is 2.10 bits per heavy atom. The molecule has 112 valence electrons. The maximum Gasteiger partial charge on any atom is 0.213 e. The fourth-order valence-corrected chi connectivity index (χ4v) is 2.37. The van der Waals surface area contributed by atoms with Crippen LogP contribution in [-0.2, 0) is 13.2 Å². The third-order valence-electron chi connectivity index (χ3n) is 2.85. The third-order valence-corrected chi connectivity index (χ3v) is 3.68. The Labute approximate surface area is 138 Å². The molecule has 0 bridgehead atoms. The maximum atomic E-state index is 6.15. The summed E-state index contributed by atoms with van der Waals surface area (Å²) in [6, 6.07) is 12.0. The van der Waals surface area contributed by atoms with Crippen molar-refractivity contribution in [2.75, 3.05) is 0 Å². The van der Waals surface area contributed by atoms with Gasteiger partial charge in [0.05, 0.1) is 10.7 Å². The quantitative estimate of drug-likeness (QED) is 0.809. The minimum absolute atomic E-state index is 0.383. The molecule has 1 heterocycles. The lowest BCUT2D eigenvalue weighted by atomic mass is 10.2. The van der Waals surface area contributed by atoms with Gasteiger partial charge in [0.2, 0.25) is 5.88 Å². The molecule has 0 saturated carbocycles. The van der Waals surface area contributed by atoms with Crippen LogP contribution in [0.3, 0.4) is 0 Å². The zero-order valence-electron chi connectivity index (χ0n) is 12.1. The van der Waals surface area contributed by atoms with Crippen LogP contribution in [0, 0.1) is 0 Å². The zero-order chi connectivity index (χ0) is 15.2. The lowest BCUT2D eigenvalue weighted by Crippen LogP contribution is -2.22. The fraction of sp³-hybridized carbons (Fsp3) is 0.312. The largest absolute Gasteiger partial charge is 0.473 e. The molecule has 0 fully saturated rings. The smallest absolute Gasteiger partial charge is 0.213 e. The molecule has 0 saturated heterocycles. The van der Waals surface area contributed by atoms with Crippen LogP contribution in [0.2, 0.25) is 5.02 Å². The molecule has 0 radical (unpaired) electrons. The molecule has 0 aliphatic carbocycles. The molecule has 1 aromatic heterocycles. The van der Waals surface area contributed by atoms with Gasteiger partial charge in [-0.3, -0.25) is 0 Å². The summed E-state index contributed by atoms with van der Waals surface area (Å²) in [6.45, 7) is 5.28. The van der Waals surface area contributed by atoms with Crippen molar-refractivity contribution in [2.24, 2.45) is 0 Å². The number of aromatic nitrogens is 1. The number of pyridine rings is 1. The second kappa shape index (κ2) is 7.78. The SMILES string of the molecule is CC(C)NCc1nc(OCc2cccc(Br)c2)ccc1Cl. The van der Waals surface area contributed by atoms with Crippen molar-refractivity contribution in [1.82, 2.24) is 10.3 Å². The van der Waals surface area contributed by atoms with Crippen molar-refractivity contribution in [3.63, 3.8) is 0 Å². The van der Waals surface area contributed by atoms with Gasteiger partial charge in [-0.1, -0.05) is 53.5 Å². The molecule has 1 aromatic carbocycles. The first-order chi connectivity index (χ1) is 10.0. The number of hydrogen-bond donors (Lipinski definition) is 1. The van der Waals surface area contributed by atoms with Crippen LogP contribution in [0.5, 0.6) is 5.88 Å². The highest BCUT2D eigenvalue weighted by molar-refractivity contribution is 9.10. The molecule has 0 atom stereocenters. The van der Waals surface area contributed by atoms with Gasteiger partial charge in [0.1, 0.15) is 6.61 Å². The molecule has 2 rings (SSSR count). The van der Waals surface area contributed by atoms with Gasteiger partial charge in [-0.25, -0.2) is 4.98 Å². The van der Waals surface area contributed by atoms with E-state index in [0.717, 1.165) is 15.7 Å². The van der Waals surface area contributed by atoms with Gasteiger partial charge >= 0.3 is 0 Å². The van der Waals surface area contributed by atoms with Crippen molar-refractivity contribution >= 4 is 27.5 Å². The third kappa shape index (κ3) is 5.30. The topological polar surface area (TPSA) is 34.2 Å². The summed E-state index contributed by atoms with van der Waals surface area (Å²) in [5.74, 6) is 0.583. The molecule has 5 heteroatoms. The second-order valence-electron chi connectivity index (χ2n) is 5.03. The Kier molecular flexibility index (Phi) is 6.03. The summed E-state index contributed by atoms with van der Waals surface area (Å²) in [5.41, 5.74) is 1.89. The summed E-state index contributed by atoms with van der Waals surface area (Å²) in [7, 11) is 0. The molecule has 21 heavy (non-hydrogen) atoms. The van der Waals surface area contributed by atoms with E-state index in [4.69, 9.17) is 16.3 Å². The van der Waals surface area contributed by atoms with E-state index in [2.05, 4.69) is 40.1 Å². The van der Waals surface area contributed by atoms with Gasteiger partial charge < -0.3 is 10.1 Å². The second-order valence-corrected chi connectivity index (χ2v) is 6.36. The predicted molar refractivity (Wildman–Crippen MR) is 89.7 cm³/mol. The average molecular weight is 370 g/mol. The number of ether oxygens (including phenoxy) is 1. The van der Waals surface area contributed by atoms with Crippen molar-refractivity contribution in [3.05, 3.63) is 57.2 Å². The average Bonchev–Trinajstić information content (AvgIpc) is 2.45. The molecule has 3 nitrogen and oxygen atoms in total. The minimum atomic E-state index is 0.383. The highest BCUT2D eigenvalue weighted by atomic mass is 79.9. The van der Waals surface area contributed by atoms with E-state index in [-0.39, 0.29) is 0 Å². The first-order valence-electron chi connectivity index (χ1n) is 6.80. The molecular formula is C16H18BrClN2O. The standard InChI is InChI=1S/C16H18BrClN2O/c1-11(2)19-9-15-14(18)6-7-16(20-15)21-10-12-4-3-5-13(17)8-12/h3-8,11,19H,9-10H2,1-2H3. The Morgan fingerprint density at radius 1 is 1.29 bits per heavy atom. The number of rotatable bonds is 6. The molecule has 0 spiro atoms. The molecule has 2 aromatic rings. The maximum absolute atomic E-state index is 6.15. The van der Waals surface area contributed by atoms with E-state index in [1.807, 2.05) is 30.3 Å². The summed E-state index contributed by atoms with van der Waals surface area (Å²) in [5, 5.41) is 3.95. The molecule has 0 amide bonds. The lowest BCUT2D eigenvalue weighted by Gasteiger charge is -2.11. The number of nitrogens with one attached hydrogen (secondary N) is 1. The van der Waals surface area contributed by atoms with Crippen LogP contribution < -0.4 is 10.1 Å². The summed E-state index contributed by atoms with van der Waals surface area (Å²) >= 11 is 9.60. The van der Waals surface area contributed by atoms with Gasteiger partial charge in [0.15, 0.2) is 0 Å². The van der Waals surface area contributed by atoms with E-state index < -0.39 is 0 Å². The van der Waals surface area contributed by atoms with Crippen LogP contribution in [-0.4, -0.2) is 11.0 Å². The van der Waals surface area contributed by atoms with Crippen LogP contribution in [0.4, 0.5) is 0 Å². The minimum Gasteiger partial charge on any atom is -0.473 e. The normalized spacial score (nSPS) is 10.9. The Bertz CT molecular complexity index is 605. The van der Waals surface area contributed by atoms with Gasteiger partial charge in [-0.15, -0.1) is 0 Å². The molecular weight excluding hydrogens is 352 g/mol. The van der Waals surface area contributed by atoms with Crippen molar-refractivity contribution < 1.29 is 4.74 Å². The Hall–Kier alpha value is -1.10. The van der Waals surface area contributed by atoms with Gasteiger partial charge in [-0.2, -0.15) is 0 Å². The first-order valence-corrected chi connectivity index (χ1v) is 7.98. The monoisotopic (exact) mass is 368 g/mol. The molecule has 0 unspecified atom stereocenters. The highest BCUT2D eigenvalue weighted by Gasteiger charge is 2.06. The first kappa shape index (κ1) is 16.3. The fourth-order valence-electron chi connectivity index (χ4n) is 1.75. The number of nitrogens with zero attached hydrogens (tertiary/aromatic N) is 1. The Balaban J connectivity index is 2.01. The number of benzene rings is 1. The van der Waals surface area contributed by atoms with Crippen LogP contribution in [0.1, 0.15) is 25.1 Å². The molecule has 0 aliphatic heterocycles. The van der Waals surface area contributed by atoms with Crippen molar-refractivity contribution in [3.8, 4) is 5.88 Å². The van der Waals surface area contributed by atoms with Crippen LogP contribution in [0.25, 0.3) is 0 Å². The zero-order valence-corrected chi connectivity index (χ0v) is 14.4. The number of halogens is 2. The highest BCUT2D eigenvalue weighted by Crippen LogP contribution is 2.19.